The number of nitrogens with zero attached hydrogens (tertiary/aromatic N) is 2. The van der Waals surface area contributed by atoms with Crippen LogP contribution in [0.5, 0.6) is 11.5 Å². The number of thiophene rings is 1. The summed E-state index contributed by atoms with van der Waals surface area (Å²) in [6.07, 6.45) is 4.18. The monoisotopic (exact) mass is 634 g/mol. The van der Waals surface area contributed by atoms with Gasteiger partial charge in [0.15, 0.2) is 16.3 Å². The molecule has 0 radical (unpaired) electrons. The predicted molar refractivity (Wildman–Crippen MR) is 172 cm³/mol. The van der Waals surface area contributed by atoms with E-state index in [2.05, 4.69) is 11.6 Å². The van der Waals surface area contributed by atoms with E-state index in [1.54, 1.807) is 24.5 Å². The number of carbonyl (C=O) groups is 1. The Morgan fingerprint density at radius 3 is 2.60 bits per heavy atom. The van der Waals surface area contributed by atoms with E-state index >= 15 is 0 Å². The van der Waals surface area contributed by atoms with Crippen LogP contribution in [0, 0.1) is 0 Å². The van der Waals surface area contributed by atoms with Crippen LogP contribution >= 0.6 is 34.3 Å². The standard InChI is InChI=1S/C33H31ClN2O5S2/c1-5-9-23-16-22(17-25(39-6-2)30(23)41-19-21-11-13-24(34)14-12-21)18-27-31(37)36-29(26-10-8-15-42-26)28(32(38)40-7-3)20(4)35-33(36)43-27/h5,8,10-18,29H,1,6-7,9,19H2,2-4H3/b27-18+/t29-/m1/s1. The lowest BCUT2D eigenvalue weighted by molar-refractivity contribution is -0.139. The van der Waals surface area contributed by atoms with Crippen LogP contribution in [0.25, 0.3) is 6.08 Å². The Morgan fingerprint density at radius 1 is 1.14 bits per heavy atom. The molecule has 0 amide bonds. The quantitative estimate of drug-likeness (QED) is 0.145. The lowest BCUT2D eigenvalue weighted by Gasteiger charge is -2.23. The van der Waals surface area contributed by atoms with Crippen molar-refractivity contribution in [3.8, 4) is 11.5 Å². The van der Waals surface area contributed by atoms with E-state index in [0.717, 1.165) is 21.6 Å². The number of fused-ring (bicyclic) bond motifs is 1. The van der Waals surface area contributed by atoms with Crippen molar-refractivity contribution < 1.29 is 19.0 Å². The summed E-state index contributed by atoms with van der Waals surface area (Å²) < 4.78 is 19.7. The molecule has 1 atom stereocenters. The Morgan fingerprint density at radius 2 is 1.93 bits per heavy atom. The third-order valence-corrected chi connectivity index (χ3v) is 8.90. The topological polar surface area (TPSA) is 79.1 Å². The van der Waals surface area contributed by atoms with Gasteiger partial charge in [-0.25, -0.2) is 9.79 Å². The van der Waals surface area contributed by atoms with Gasteiger partial charge in [0.05, 0.1) is 29.0 Å². The van der Waals surface area contributed by atoms with Crippen molar-refractivity contribution in [1.82, 2.24) is 4.57 Å². The molecule has 0 aliphatic carbocycles. The second-order valence-electron chi connectivity index (χ2n) is 9.67. The second kappa shape index (κ2) is 13.6. The van der Waals surface area contributed by atoms with E-state index in [1.165, 1.54) is 22.7 Å². The smallest absolute Gasteiger partial charge is 0.338 e. The summed E-state index contributed by atoms with van der Waals surface area (Å²) in [4.78, 5) is 33.0. The number of halogens is 1. The number of allylic oxidation sites excluding steroid dienone is 2. The van der Waals surface area contributed by atoms with Crippen molar-refractivity contribution in [2.24, 2.45) is 4.99 Å². The molecule has 0 N–H and O–H groups in total. The summed E-state index contributed by atoms with van der Waals surface area (Å²) >= 11 is 8.80. The Kier molecular flexibility index (Phi) is 9.65. The minimum Gasteiger partial charge on any atom is -0.490 e. The molecule has 2 aromatic heterocycles. The van der Waals surface area contributed by atoms with Gasteiger partial charge in [0.1, 0.15) is 12.6 Å². The van der Waals surface area contributed by atoms with Gasteiger partial charge in [-0.1, -0.05) is 47.2 Å². The molecule has 5 rings (SSSR count). The average molecular weight is 635 g/mol. The van der Waals surface area contributed by atoms with Gasteiger partial charge in [-0.2, -0.15) is 0 Å². The molecule has 0 fully saturated rings. The number of carbonyl (C=O) groups excluding carboxylic acids is 1. The summed E-state index contributed by atoms with van der Waals surface area (Å²) in [5, 5.41) is 2.59. The molecular weight excluding hydrogens is 604 g/mol. The fourth-order valence-electron chi connectivity index (χ4n) is 4.90. The molecule has 7 nitrogen and oxygen atoms in total. The van der Waals surface area contributed by atoms with Crippen LogP contribution in [0.3, 0.4) is 0 Å². The van der Waals surface area contributed by atoms with Crippen LogP contribution in [0.1, 0.15) is 48.4 Å². The largest absolute Gasteiger partial charge is 0.490 e. The summed E-state index contributed by atoms with van der Waals surface area (Å²) in [5.74, 6) is 0.732. The molecule has 2 aromatic carbocycles. The highest BCUT2D eigenvalue weighted by atomic mass is 35.5. The summed E-state index contributed by atoms with van der Waals surface area (Å²) in [5.41, 5.74) is 3.31. The van der Waals surface area contributed by atoms with Gasteiger partial charge in [0.25, 0.3) is 5.56 Å². The van der Waals surface area contributed by atoms with E-state index in [4.69, 9.17) is 25.8 Å². The van der Waals surface area contributed by atoms with Gasteiger partial charge in [-0.3, -0.25) is 9.36 Å². The first-order valence-electron chi connectivity index (χ1n) is 13.9. The van der Waals surface area contributed by atoms with Crippen LogP contribution in [0.4, 0.5) is 0 Å². The fourth-order valence-corrected chi connectivity index (χ4v) is 6.89. The number of rotatable bonds is 11. The maximum atomic E-state index is 14.0. The van der Waals surface area contributed by atoms with E-state index < -0.39 is 12.0 Å². The van der Waals surface area contributed by atoms with Crippen LogP contribution in [-0.2, 0) is 22.6 Å². The molecule has 222 valence electrons. The molecule has 43 heavy (non-hydrogen) atoms. The van der Waals surface area contributed by atoms with Crippen molar-refractivity contribution in [1.29, 1.82) is 0 Å². The van der Waals surface area contributed by atoms with Gasteiger partial charge in [0, 0.05) is 15.5 Å². The first kappa shape index (κ1) is 30.5. The number of hydrogen-bond acceptors (Lipinski definition) is 8. The Hall–Kier alpha value is -3.92. The highest BCUT2D eigenvalue weighted by Crippen LogP contribution is 2.36. The van der Waals surface area contributed by atoms with Crippen LogP contribution < -0.4 is 24.4 Å². The first-order valence-corrected chi connectivity index (χ1v) is 15.9. The minimum atomic E-state index is -0.614. The molecule has 4 aromatic rings. The van der Waals surface area contributed by atoms with Crippen LogP contribution in [0.15, 0.2) is 87.6 Å². The number of esters is 1. The van der Waals surface area contributed by atoms with Crippen molar-refractivity contribution in [3.63, 3.8) is 0 Å². The number of hydrogen-bond donors (Lipinski definition) is 0. The normalized spacial score (nSPS) is 14.7. The van der Waals surface area contributed by atoms with Gasteiger partial charge in [0.2, 0.25) is 0 Å². The first-order chi connectivity index (χ1) is 20.8. The molecule has 1 aliphatic heterocycles. The number of benzene rings is 2. The van der Waals surface area contributed by atoms with Gasteiger partial charge >= 0.3 is 5.97 Å². The predicted octanol–water partition coefficient (Wildman–Crippen LogP) is 6.22. The molecule has 10 heteroatoms. The Bertz CT molecular complexity index is 1850. The maximum absolute atomic E-state index is 14.0. The van der Waals surface area contributed by atoms with Gasteiger partial charge in [-0.15, -0.1) is 17.9 Å². The third kappa shape index (κ3) is 6.54. The van der Waals surface area contributed by atoms with Crippen LogP contribution in [-0.4, -0.2) is 23.8 Å². The molecule has 0 spiro atoms. The third-order valence-electron chi connectivity index (χ3n) is 6.74. The van der Waals surface area contributed by atoms with E-state index in [-0.39, 0.29) is 12.2 Å². The van der Waals surface area contributed by atoms with Crippen molar-refractivity contribution in [3.05, 3.63) is 124 Å². The second-order valence-corrected chi connectivity index (χ2v) is 12.1. The number of aromatic nitrogens is 1. The lowest BCUT2D eigenvalue weighted by atomic mass is 10.0. The minimum absolute atomic E-state index is 0.228. The molecule has 0 saturated carbocycles. The van der Waals surface area contributed by atoms with E-state index in [1.807, 2.05) is 66.9 Å². The zero-order chi connectivity index (χ0) is 30.5. The molecule has 1 aliphatic rings. The fraction of sp³-hybridized carbons (Fsp3) is 0.242. The SMILES string of the molecule is C=CCc1cc(/C=c2/sc3n(c2=O)[C@H](c2cccs2)C(C(=O)OCC)=C(C)N=3)cc(OCC)c1OCc1ccc(Cl)cc1. The Labute approximate surface area is 262 Å². The maximum Gasteiger partial charge on any atom is 0.338 e. The summed E-state index contributed by atoms with van der Waals surface area (Å²) in [6, 6.07) is 14.6. The van der Waals surface area contributed by atoms with Crippen molar-refractivity contribution >= 4 is 46.3 Å². The molecule has 0 saturated heterocycles. The molecule has 0 unspecified atom stereocenters. The zero-order valence-electron chi connectivity index (χ0n) is 24.1. The molecular formula is C33H31ClN2O5S2. The molecule has 0 bridgehead atoms. The summed E-state index contributed by atoms with van der Waals surface area (Å²) in [7, 11) is 0. The lowest BCUT2D eigenvalue weighted by Crippen LogP contribution is -2.39. The van der Waals surface area contributed by atoms with E-state index in [9.17, 15) is 9.59 Å². The summed E-state index contributed by atoms with van der Waals surface area (Å²) in [6.45, 7) is 10.4. The Balaban J connectivity index is 1.60. The van der Waals surface area contributed by atoms with Crippen molar-refractivity contribution in [2.75, 3.05) is 13.2 Å². The zero-order valence-corrected chi connectivity index (χ0v) is 26.5. The van der Waals surface area contributed by atoms with Gasteiger partial charge < -0.3 is 14.2 Å². The van der Waals surface area contributed by atoms with Gasteiger partial charge in [-0.05, 0) is 80.1 Å². The van der Waals surface area contributed by atoms with Crippen molar-refractivity contribution in [2.45, 2.75) is 39.8 Å². The van der Waals surface area contributed by atoms with E-state index in [0.29, 0.717) is 56.8 Å². The molecule has 3 heterocycles. The average Bonchev–Trinajstić information content (AvgIpc) is 3.62. The highest BCUT2D eigenvalue weighted by molar-refractivity contribution is 7.10. The van der Waals surface area contributed by atoms with Crippen LogP contribution in [0.2, 0.25) is 5.02 Å². The number of ether oxygens (including phenoxy) is 3. The number of thiazole rings is 1. The highest BCUT2D eigenvalue weighted by Gasteiger charge is 2.33.